The van der Waals surface area contributed by atoms with E-state index in [0.717, 1.165) is 19.7 Å². The second-order valence-corrected chi connectivity index (χ2v) is 2.96. The Balaban J connectivity index is 2.06. The first kappa shape index (κ1) is 9.49. The number of hydrogen-bond donors (Lipinski definition) is 1. The summed E-state index contributed by atoms with van der Waals surface area (Å²) in [5.74, 6) is 0. The molecule has 0 saturated heterocycles. The highest BCUT2D eigenvalue weighted by Gasteiger charge is 1.97. The van der Waals surface area contributed by atoms with E-state index < -0.39 is 0 Å². The van der Waals surface area contributed by atoms with E-state index in [2.05, 4.69) is 23.5 Å². The first-order valence-electron chi connectivity index (χ1n) is 4.47. The molecule has 1 aliphatic rings. The Hall–Kier alpha value is -0.600. The Morgan fingerprint density at radius 2 is 2.50 bits per heavy atom. The third-order valence-corrected chi connectivity index (χ3v) is 1.94. The molecule has 1 rings (SSSR count). The number of methoxy groups -OCH3 is 1. The second-order valence-electron chi connectivity index (χ2n) is 2.96. The molecular formula is C10H17NO. The molecule has 0 bridgehead atoms. The van der Waals surface area contributed by atoms with E-state index >= 15 is 0 Å². The summed E-state index contributed by atoms with van der Waals surface area (Å²) < 4.78 is 4.94. The van der Waals surface area contributed by atoms with Crippen molar-refractivity contribution in [2.24, 2.45) is 0 Å². The van der Waals surface area contributed by atoms with Crippen molar-refractivity contribution in [1.82, 2.24) is 5.32 Å². The molecule has 68 valence electrons. The van der Waals surface area contributed by atoms with Crippen LogP contribution in [0.3, 0.4) is 0 Å². The predicted molar refractivity (Wildman–Crippen MR) is 51.2 cm³/mol. The lowest BCUT2D eigenvalue weighted by Gasteiger charge is -2.09. The fraction of sp³-hybridized carbons (Fsp3) is 0.600. The minimum absolute atomic E-state index is 0.795. The molecule has 0 aromatic rings. The van der Waals surface area contributed by atoms with Gasteiger partial charge in [0.15, 0.2) is 0 Å². The number of rotatable bonds is 5. The van der Waals surface area contributed by atoms with Crippen molar-refractivity contribution in [2.45, 2.75) is 12.8 Å². The van der Waals surface area contributed by atoms with Crippen molar-refractivity contribution in [2.75, 3.05) is 26.8 Å². The Kier molecular flexibility index (Phi) is 4.73. The molecule has 1 aliphatic carbocycles. The molecule has 1 N–H and O–H groups in total. The topological polar surface area (TPSA) is 21.3 Å². The van der Waals surface area contributed by atoms with Crippen LogP contribution in [-0.4, -0.2) is 26.8 Å². The lowest BCUT2D eigenvalue weighted by atomic mass is 10.1. The van der Waals surface area contributed by atoms with Gasteiger partial charge in [0.05, 0.1) is 6.61 Å². The van der Waals surface area contributed by atoms with Crippen LogP contribution in [0.1, 0.15) is 12.8 Å². The lowest BCUT2D eigenvalue weighted by Crippen LogP contribution is -2.21. The average Bonchev–Trinajstić information content (AvgIpc) is 2.14. The molecule has 0 aromatic carbocycles. The van der Waals surface area contributed by atoms with Gasteiger partial charge in [-0.15, -0.1) is 0 Å². The molecule has 12 heavy (non-hydrogen) atoms. The fourth-order valence-corrected chi connectivity index (χ4v) is 1.22. The van der Waals surface area contributed by atoms with Gasteiger partial charge >= 0.3 is 0 Å². The Morgan fingerprint density at radius 3 is 3.17 bits per heavy atom. The van der Waals surface area contributed by atoms with Crippen LogP contribution in [0.4, 0.5) is 0 Å². The maximum absolute atomic E-state index is 4.94. The van der Waals surface area contributed by atoms with E-state index in [1.54, 1.807) is 7.11 Å². The molecule has 0 aliphatic heterocycles. The smallest absolute Gasteiger partial charge is 0.0587 e. The summed E-state index contributed by atoms with van der Waals surface area (Å²) in [4.78, 5) is 0. The molecule has 2 heteroatoms. The summed E-state index contributed by atoms with van der Waals surface area (Å²) in [6, 6.07) is 0. The van der Waals surface area contributed by atoms with Crippen LogP contribution < -0.4 is 5.32 Å². The van der Waals surface area contributed by atoms with Crippen molar-refractivity contribution in [1.29, 1.82) is 0 Å². The second kappa shape index (κ2) is 5.98. The third kappa shape index (κ3) is 3.69. The Labute approximate surface area is 74.3 Å². The highest BCUT2D eigenvalue weighted by Crippen LogP contribution is 2.09. The molecular weight excluding hydrogens is 150 g/mol. The maximum atomic E-state index is 4.94. The number of nitrogens with one attached hydrogen (secondary N) is 1. The van der Waals surface area contributed by atoms with Crippen molar-refractivity contribution < 1.29 is 4.74 Å². The van der Waals surface area contributed by atoms with Gasteiger partial charge < -0.3 is 10.1 Å². The predicted octanol–water partition coefficient (Wildman–Crippen LogP) is 1.50. The lowest BCUT2D eigenvalue weighted by molar-refractivity contribution is 0.200. The molecule has 2 nitrogen and oxygen atoms in total. The van der Waals surface area contributed by atoms with Crippen molar-refractivity contribution in [3.05, 3.63) is 23.8 Å². The highest BCUT2D eigenvalue weighted by atomic mass is 16.5. The van der Waals surface area contributed by atoms with Crippen LogP contribution >= 0.6 is 0 Å². The van der Waals surface area contributed by atoms with Gasteiger partial charge in [-0.25, -0.2) is 0 Å². The standard InChI is InChI=1S/C10H17NO/c1-12-8-7-11-9-10-5-3-2-4-6-10/h2-3,5,11H,4,6-9H2,1H3. The van der Waals surface area contributed by atoms with E-state index in [1.807, 2.05) is 0 Å². The summed E-state index contributed by atoms with van der Waals surface area (Å²) >= 11 is 0. The normalized spacial score (nSPS) is 16.2. The van der Waals surface area contributed by atoms with Crippen molar-refractivity contribution >= 4 is 0 Å². The molecule has 0 radical (unpaired) electrons. The summed E-state index contributed by atoms with van der Waals surface area (Å²) in [5.41, 5.74) is 1.49. The van der Waals surface area contributed by atoms with Gasteiger partial charge in [-0.3, -0.25) is 0 Å². The molecule has 0 spiro atoms. The molecule has 0 fully saturated rings. The SMILES string of the molecule is COCCNCC1=CC=CCC1. The van der Waals surface area contributed by atoms with E-state index in [4.69, 9.17) is 4.74 Å². The van der Waals surface area contributed by atoms with Crippen LogP contribution in [-0.2, 0) is 4.74 Å². The quantitative estimate of drug-likeness (QED) is 0.626. The molecule has 0 amide bonds. The maximum Gasteiger partial charge on any atom is 0.0587 e. The molecule has 0 saturated carbocycles. The van der Waals surface area contributed by atoms with Gasteiger partial charge in [-0.1, -0.05) is 23.8 Å². The zero-order valence-electron chi connectivity index (χ0n) is 7.68. The summed E-state index contributed by atoms with van der Waals surface area (Å²) in [6.45, 7) is 2.74. The van der Waals surface area contributed by atoms with E-state index in [-0.39, 0.29) is 0 Å². The van der Waals surface area contributed by atoms with Gasteiger partial charge in [-0.2, -0.15) is 0 Å². The molecule has 0 heterocycles. The Morgan fingerprint density at radius 1 is 1.58 bits per heavy atom. The van der Waals surface area contributed by atoms with Crippen LogP contribution in [0, 0.1) is 0 Å². The summed E-state index contributed by atoms with van der Waals surface area (Å²) in [7, 11) is 1.73. The van der Waals surface area contributed by atoms with Gasteiger partial charge in [0, 0.05) is 20.2 Å². The van der Waals surface area contributed by atoms with Crippen LogP contribution in [0.5, 0.6) is 0 Å². The first-order valence-corrected chi connectivity index (χ1v) is 4.47. The van der Waals surface area contributed by atoms with Gasteiger partial charge in [-0.05, 0) is 12.8 Å². The van der Waals surface area contributed by atoms with Gasteiger partial charge in [0.25, 0.3) is 0 Å². The highest BCUT2D eigenvalue weighted by molar-refractivity contribution is 5.18. The van der Waals surface area contributed by atoms with Crippen LogP contribution in [0.15, 0.2) is 23.8 Å². The van der Waals surface area contributed by atoms with Crippen LogP contribution in [0.2, 0.25) is 0 Å². The molecule has 0 atom stereocenters. The number of allylic oxidation sites excluding steroid dienone is 3. The summed E-state index contributed by atoms with van der Waals surface area (Å²) in [6.07, 6.45) is 8.94. The minimum atomic E-state index is 0.795. The van der Waals surface area contributed by atoms with Gasteiger partial charge in [0.1, 0.15) is 0 Å². The van der Waals surface area contributed by atoms with Crippen molar-refractivity contribution in [3.63, 3.8) is 0 Å². The van der Waals surface area contributed by atoms with Gasteiger partial charge in [0.2, 0.25) is 0 Å². The van der Waals surface area contributed by atoms with E-state index in [0.29, 0.717) is 0 Å². The largest absolute Gasteiger partial charge is 0.383 e. The Bertz CT molecular complexity index is 173. The first-order chi connectivity index (χ1) is 5.93. The molecule has 0 unspecified atom stereocenters. The summed E-state index contributed by atoms with van der Waals surface area (Å²) in [5, 5.41) is 3.33. The zero-order valence-corrected chi connectivity index (χ0v) is 7.68. The monoisotopic (exact) mass is 167 g/mol. The zero-order chi connectivity index (χ0) is 8.65. The third-order valence-electron chi connectivity index (χ3n) is 1.94. The minimum Gasteiger partial charge on any atom is -0.383 e. The fourth-order valence-electron chi connectivity index (χ4n) is 1.22. The average molecular weight is 167 g/mol. The number of hydrogen-bond acceptors (Lipinski definition) is 2. The molecule has 0 aromatic heterocycles. The van der Waals surface area contributed by atoms with E-state index in [9.17, 15) is 0 Å². The number of ether oxygens (including phenoxy) is 1. The van der Waals surface area contributed by atoms with E-state index in [1.165, 1.54) is 18.4 Å². The van der Waals surface area contributed by atoms with Crippen molar-refractivity contribution in [3.8, 4) is 0 Å². The van der Waals surface area contributed by atoms with Crippen LogP contribution in [0.25, 0.3) is 0 Å².